The van der Waals surface area contributed by atoms with Gasteiger partial charge in [-0.3, -0.25) is 0 Å². The molecule has 0 bridgehead atoms. The predicted octanol–water partition coefficient (Wildman–Crippen LogP) is 1.89. The maximum absolute atomic E-state index is 11.1. The minimum absolute atomic E-state index is 0.279. The molecule has 0 aliphatic carbocycles. The van der Waals surface area contributed by atoms with Crippen molar-refractivity contribution in [3.8, 4) is 5.75 Å². The molecule has 1 aromatic rings. The molecule has 15 heavy (non-hydrogen) atoms. The van der Waals surface area contributed by atoms with Crippen molar-refractivity contribution in [3.63, 3.8) is 0 Å². The van der Waals surface area contributed by atoms with E-state index in [-0.39, 0.29) is 12.7 Å². The number of hydrogen-bond acceptors (Lipinski definition) is 3. The molecule has 0 saturated heterocycles. The summed E-state index contributed by atoms with van der Waals surface area (Å²) in [6.07, 6.45) is -0.342. The zero-order chi connectivity index (χ0) is 11.3. The lowest BCUT2D eigenvalue weighted by Crippen LogP contribution is -2.22. The van der Waals surface area contributed by atoms with Gasteiger partial charge in [-0.25, -0.2) is 4.79 Å². The fourth-order valence-corrected chi connectivity index (χ4v) is 0.996. The molecule has 0 saturated carbocycles. The van der Waals surface area contributed by atoms with Gasteiger partial charge < -0.3 is 14.4 Å². The van der Waals surface area contributed by atoms with Gasteiger partial charge in [-0.05, 0) is 17.7 Å². The second-order valence-corrected chi connectivity index (χ2v) is 3.30. The summed E-state index contributed by atoms with van der Waals surface area (Å²) in [5, 5.41) is 0. The van der Waals surface area contributed by atoms with E-state index in [1.54, 1.807) is 21.2 Å². The van der Waals surface area contributed by atoms with Crippen molar-refractivity contribution in [2.75, 3.05) is 21.2 Å². The molecule has 0 spiro atoms. The minimum Gasteiger partial charge on any atom is -0.497 e. The largest absolute Gasteiger partial charge is 0.497 e. The van der Waals surface area contributed by atoms with Gasteiger partial charge in [0, 0.05) is 14.1 Å². The van der Waals surface area contributed by atoms with E-state index in [2.05, 4.69) is 0 Å². The number of carbonyl (C=O) groups excluding carboxylic acids is 1. The highest BCUT2D eigenvalue weighted by atomic mass is 16.6. The Balaban J connectivity index is 2.47. The standard InChI is InChI=1S/C11H15NO3/c1-12(2)11(13)15-8-9-4-6-10(14-3)7-5-9/h4-7H,8H2,1-3H3. The molecular formula is C11H15NO3. The molecule has 1 amide bonds. The van der Waals surface area contributed by atoms with E-state index in [4.69, 9.17) is 9.47 Å². The van der Waals surface area contributed by atoms with E-state index in [1.165, 1.54) is 4.90 Å². The van der Waals surface area contributed by atoms with Crippen LogP contribution in [0, 0.1) is 0 Å². The summed E-state index contributed by atoms with van der Waals surface area (Å²) in [6, 6.07) is 7.39. The van der Waals surface area contributed by atoms with Crippen LogP contribution in [0.4, 0.5) is 4.79 Å². The Kier molecular flexibility index (Phi) is 3.97. The molecule has 0 aliphatic heterocycles. The van der Waals surface area contributed by atoms with Gasteiger partial charge in [0.25, 0.3) is 0 Å². The summed E-state index contributed by atoms with van der Waals surface area (Å²) in [4.78, 5) is 12.5. The van der Waals surface area contributed by atoms with E-state index in [9.17, 15) is 4.79 Å². The fraction of sp³-hybridized carbons (Fsp3) is 0.364. The topological polar surface area (TPSA) is 38.8 Å². The first-order valence-corrected chi connectivity index (χ1v) is 4.60. The summed E-state index contributed by atoms with van der Waals surface area (Å²) < 4.78 is 10.0. The highest BCUT2D eigenvalue weighted by Crippen LogP contribution is 2.12. The first kappa shape index (κ1) is 11.4. The monoisotopic (exact) mass is 209 g/mol. The van der Waals surface area contributed by atoms with Crippen LogP contribution in [0.25, 0.3) is 0 Å². The quantitative estimate of drug-likeness (QED) is 0.763. The van der Waals surface area contributed by atoms with Crippen LogP contribution in [0.3, 0.4) is 0 Å². The first-order valence-electron chi connectivity index (χ1n) is 4.60. The molecule has 0 N–H and O–H groups in total. The molecule has 0 aromatic heterocycles. The second-order valence-electron chi connectivity index (χ2n) is 3.30. The van der Waals surface area contributed by atoms with Crippen LogP contribution in [0.15, 0.2) is 24.3 Å². The number of carbonyl (C=O) groups is 1. The van der Waals surface area contributed by atoms with Gasteiger partial charge in [-0.1, -0.05) is 12.1 Å². The van der Waals surface area contributed by atoms with E-state index in [0.29, 0.717) is 0 Å². The summed E-state index contributed by atoms with van der Waals surface area (Å²) >= 11 is 0. The Bertz CT molecular complexity index is 319. The lowest BCUT2D eigenvalue weighted by molar-refractivity contribution is 0.112. The van der Waals surface area contributed by atoms with Crippen molar-refractivity contribution in [1.29, 1.82) is 0 Å². The fourth-order valence-electron chi connectivity index (χ4n) is 0.996. The highest BCUT2D eigenvalue weighted by Gasteiger charge is 2.04. The maximum Gasteiger partial charge on any atom is 0.409 e. The van der Waals surface area contributed by atoms with Crippen LogP contribution in [-0.4, -0.2) is 32.2 Å². The van der Waals surface area contributed by atoms with Gasteiger partial charge in [-0.15, -0.1) is 0 Å². The lowest BCUT2D eigenvalue weighted by atomic mass is 10.2. The van der Waals surface area contributed by atoms with Crippen molar-refractivity contribution in [2.24, 2.45) is 0 Å². The van der Waals surface area contributed by atoms with E-state index in [1.807, 2.05) is 24.3 Å². The molecule has 0 radical (unpaired) electrons. The van der Waals surface area contributed by atoms with Gasteiger partial charge in [0.2, 0.25) is 0 Å². The van der Waals surface area contributed by atoms with Gasteiger partial charge in [0.1, 0.15) is 12.4 Å². The van der Waals surface area contributed by atoms with Crippen molar-refractivity contribution in [3.05, 3.63) is 29.8 Å². The van der Waals surface area contributed by atoms with Crippen LogP contribution in [0.1, 0.15) is 5.56 Å². The molecule has 0 aliphatic rings. The number of ether oxygens (including phenoxy) is 2. The molecule has 1 rings (SSSR count). The molecule has 1 aromatic carbocycles. The summed E-state index contributed by atoms with van der Waals surface area (Å²) in [5.41, 5.74) is 0.936. The average molecular weight is 209 g/mol. The molecule has 4 heteroatoms. The average Bonchev–Trinajstić information content (AvgIpc) is 2.26. The third kappa shape index (κ3) is 3.50. The van der Waals surface area contributed by atoms with E-state index in [0.717, 1.165) is 11.3 Å². The molecule has 0 heterocycles. The Morgan fingerprint density at radius 3 is 2.33 bits per heavy atom. The van der Waals surface area contributed by atoms with Gasteiger partial charge >= 0.3 is 6.09 Å². The Morgan fingerprint density at radius 2 is 1.87 bits per heavy atom. The number of hydrogen-bond donors (Lipinski definition) is 0. The number of rotatable bonds is 3. The maximum atomic E-state index is 11.1. The van der Waals surface area contributed by atoms with E-state index >= 15 is 0 Å². The second kappa shape index (κ2) is 5.24. The Labute approximate surface area is 89.4 Å². The van der Waals surface area contributed by atoms with Gasteiger partial charge in [-0.2, -0.15) is 0 Å². The van der Waals surface area contributed by atoms with Crippen LogP contribution < -0.4 is 4.74 Å². The van der Waals surface area contributed by atoms with Crippen LogP contribution in [0.5, 0.6) is 5.75 Å². The summed E-state index contributed by atoms with van der Waals surface area (Å²) in [5.74, 6) is 0.790. The highest BCUT2D eigenvalue weighted by molar-refractivity contribution is 5.66. The van der Waals surface area contributed by atoms with Crippen LogP contribution >= 0.6 is 0 Å². The van der Waals surface area contributed by atoms with Crippen molar-refractivity contribution in [1.82, 2.24) is 4.90 Å². The van der Waals surface area contributed by atoms with Crippen LogP contribution in [0.2, 0.25) is 0 Å². The summed E-state index contributed by atoms with van der Waals surface area (Å²) in [6.45, 7) is 0.279. The third-order valence-electron chi connectivity index (χ3n) is 1.89. The van der Waals surface area contributed by atoms with Crippen molar-refractivity contribution >= 4 is 6.09 Å². The molecule has 82 valence electrons. The minimum atomic E-state index is -0.342. The molecule has 0 atom stereocenters. The van der Waals surface area contributed by atoms with Crippen LogP contribution in [-0.2, 0) is 11.3 Å². The molecule has 0 fully saturated rings. The van der Waals surface area contributed by atoms with E-state index < -0.39 is 0 Å². The third-order valence-corrected chi connectivity index (χ3v) is 1.89. The Hall–Kier alpha value is -1.71. The first-order chi connectivity index (χ1) is 7.13. The number of nitrogens with zero attached hydrogens (tertiary/aromatic N) is 1. The smallest absolute Gasteiger partial charge is 0.409 e. The molecular weight excluding hydrogens is 194 g/mol. The van der Waals surface area contributed by atoms with Gasteiger partial charge in [0.15, 0.2) is 0 Å². The zero-order valence-corrected chi connectivity index (χ0v) is 9.19. The Morgan fingerprint density at radius 1 is 1.27 bits per heavy atom. The van der Waals surface area contributed by atoms with Crippen molar-refractivity contribution in [2.45, 2.75) is 6.61 Å². The number of methoxy groups -OCH3 is 1. The predicted molar refractivity (Wildman–Crippen MR) is 56.9 cm³/mol. The number of amides is 1. The lowest BCUT2D eigenvalue weighted by Gasteiger charge is -2.11. The van der Waals surface area contributed by atoms with Crippen molar-refractivity contribution < 1.29 is 14.3 Å². The molecule has 4 nitrogen and oxygen atoms in total. The van der Waals surface area contributed by atoms with Gasteiger partial charge in [0.05, 0.1) is 7.11 Å². The normalized spacial score (nSPS) is 9.53. The summed E-state index contributed by atoms with van der Waals surface area (Å²) in [7, 11) is 4.91. The molecule has 0 unspecified atom stereocenters. The SMILES string of the molecule is COc1ccc(COC(=O)N(C)C)cc1. The number of benzene rings is 1. The zero-order valence-electron chi connectivity index (χ0n) is 9.19.